The van der Waals surface area contributed by atoms with Gasteiger partial charge in [0.1, 0.15) is 6.04 Å². The number of benzene rings is 1. The van der Waals surface area contributed by atoms with Crippen molar-refractivity contribution in [2.45, 2.75) is 26.8 Å². The number of nitrogens with zero attached hydrogens (tertiary/aromatic N) is 2. The molecule has 1 rings (SSSR count). The Labute approximate surface area is 96.3 Å². The number of rotatable bonds is 2. The zero-order valence-electron chi connectivity index (χ0n) is 10.1. The molecule has 0 N–H and O–H groups in total. The van der Waals surface area contributed by atoms with Gasteiger partial charge in [-0.05, 0) is 32.4 Å². The van der Waals surface area contributed by atoms with Gasteiger partial charge in [-0.3, -0.25) is 4.79 Å². The maximum atomic E-state index is 12.1. The Bertz CT molecular complexity index is 446. The first-order valence-electron chi connectivity index (χ1n) is 5.21. The molecule has 16 heavy (non-hydrogen) atoms. The number of hydrogen-bond donors (Lipinski definition) is 0. The van der Waals surface area contributed by atoms with Crippen molar-refractivity contribution in [2.75, 3.05) is 7.05 Å². The zero-order chi connectivity index (χ0) is 12.3. The summed E-state index contributed by atoms with van der Waals surface area (Å²) in [6, 6.07) is 7.33. The second-order valence-electron chi connectivity index (χ2n) is 4.04. The minimum absolute atomic E-state index is 0.105. The lowest BCUT2D eigenvalue weighted by atomic mass is 10.0. The summed E-state index contributed by atoms with van der Waals surface area (Å²) in [5.41, 5.74) is 2.74. The number of amides is 1. The fourth-order valence-corrected chi connectivity index (χ4v) is 1.51. The Morgan fingerprint density at radius 2 is 2.06 bits per heavy atom. The summed E-state index contributed by atoms with van der Waals surface area (Å²) in [5, 5.41) is 8.77. The molecule has 0 bridgehead atoms. The van der Waals surface area contributed by atoms with Crippen molar-refractivity contribution in [1.29, 1.82) is 5.26 Å². The van der Waals surface area contributed by atoms with E-state index in [1.807, 2.05) is 32.0 Å². The molecule has 0 fully saturated rings. The third-order valence-electron chi connectivity index (χ3n) is 2.70. The number of carbonyl (C=O) groups excluding carboxylic acids is 1. The molecule has 1 amide bonds. The molecule has 0 saturated heterocycles. The number of aryl methyl sites for hydroxylation is 2. The van der Waals surface area contributed by atoms with E-state index in [2.05, 4.69) is 6.07 Å². The molecule has 1 aromatic carbocycles. The highest BCUT2D eigenvalue weighted by molar-refractivity contribution is 5.95. The molecular weight excluding hydrogens is 200 g/mol. The third kappa shape index (κ3) is 2.40. The van der Waals surface area contributed by atoms with Gasteiger partial charge in [-0.1, -0.05) is 17.7 Å². The molecule has 0 aromatic heterocycles. The van der Waals surface area contributed by atoms with Gasteiger partial charge in [-0.2, -0.15) is 5.26 Å². The lowest BCUT2D eigenvalue weighted by Crippen LogP contribution is -2.34. The summed E-state index contributed by atoms with van der Waals surface area (Å²) in [4.78, 5) is 13.5. The predicted molar refractivity (Wildman–Crippen MR) is 63.1 cm³/mol. The molecule has 0 aliphatic carbocycles. The minimum atomic E-state index is -0.409. The molecule has 0 aliphatic rings. The van der Waals surface area contributed by atoms with E-state index in [4.69, 9.17) is 5.26 Å². The van der Waals surface area contributed by atoms with Gasteiger partial charge in [-0.25, -0.2) is 0 Å². The van der Waals surface area contributed by atoms with Crippen LogP contribution in [0.15, 0.2) is 18.2 Å². The van der Waals surface area contributed by atoms with Crippen LogP contribution < -0.4 is 0 Å². The average Bonchev–Trinajstić information content (AvgIpc) is 2.26. The summed E-state index contributed by atoms with van der Waals surface area (Å²) in [6.07, 6.45) is 0. The summed E-state index contributed by atoms with van der Waals surface area (Å²) in [7, 11) is 1.65. The highest BCUT2D eigenvalue weighted by Gasteiger charge is 2.18. The monoisotopic (exact) mass is 216 g/mol. The van der Waals surface area contributed by atoms with Crippen molar-refractivity contribution < 1.29 is 4.79 Å². The maximum Gasteiger partial charge on any atom is 0.254 e. The van der Waals surface area contributed by atoms with E-state index in [0.29, 0.717) is 5.56 Å². The molecule has 84 valence electrons. The Morgan fingerprint density at radius 1 is 1.44 bits per heavy atom. The molecule has 3 heteroatoms. The van der Waals surface area contributed by atoms with Gasteiger partial charge in [0.05, 0.1) is 6.07 Å². The first kappa shape index (κ1) is 12.3. The lowest BCUT2D eigenvalue weighted by molar-refractivity contribution is 0.0772. The van der Waals surface area contributed by atoms with Crippen molar-refractivity contribution in [3.8, 4) is 6.07 Å². The van der Waals surface area contributed by atoms with Crippen molar-refractivity contribution in [1.82, 2.24) is 4.90 Å². The summed E-state index contributed by atoms with van der Waals surface area (Å²) in [6.45, 7) is 5.61. The number of hydrogen-bond acceptors (Lipinski definition) is 2. The van der Waals surface area contributed by atoms with Crippen LogP contribution in [0.1, 0.15) is 28.4 Å². The van der Waals surface area contributed by atoms with Crippen molar-refractivity contribution in [3.05, 3.63) is 34.9 Å². The van der Waals surface area contributed by atoms with Gasteiger partial charge in [0.25, 0.3) is 5.91 Å². The van der Waals surface area contributed by atoms with Gasteiger partial charge >= 0.3 is 0 Å². The summed E-state index contributed by atoms with van der Waals surface area (Å²) in [5.74, 6) is -0.105. The van der Waals surface area contributed by atoms with E-state index in [0.717, 1.165) is 11.1 Å². The van der Waals surface area contributed by atoms with Crippen LogP contribution in [-0.2, 0) is 0 Å². The molecule has 1 atom stereocenters. The van der Waals surface area contributed by atoms with Gasteiger partial charge in [0, 0.05) is 12.6 Å². The molecule has 0 spiro atoms. The highest BCUT2D eigenvalue weighted by atomic mass is 16.2. The molecule has 0 aliphatic heterocycles. The van der Waals surface area contributed by atoms with E-state index < -0.39 is 6.04 Å². The fourth-order valence-electron chi connectivity index (χ4n) is 1.51. The van der Waals surface area contributed by atoms with E-state index in [1.54, 1.807) is 14.0 Å². The lowest BCUT2D eigenvalue weighted by Gasteiger charge is -2.20. The normalized spacial score (nSPS) is 11.7. The molecular formula is C13H16N2O. The Morgan fingerprint density at radius 3 is 2.56 bits per heavy atom. The van der Waals surface area contributed by atoms with E-state index in [-0.39, 0.29) is 5.91 Å². The van der Waals surface area contributed by atoms with Crippen LogP contribution in [0.25, 0.3) is 0 Å². The first-order valence-corrected chi connectivity index (χ1v) is 5.21. The van der Waals surface area contributed by atoms with Crippen molar-refractivity contribution in [2.24, 2.45) is 0 Å². The first-order chi connectivity index (χ1) is 7.47. The van der Waals surface area contributed by atoms with Crippen LogP contribution >= 0.6 is 0 Å². The van der Waals surface area contributed by atoms with Crippen LogP contribution in [0.4, 0.5) is 0 Å². The van der Waals surface area contributed by atoms with Gasteiger partial charge in [0.2, 0.25) is 0 Å². The van der Waals surface area contributed by atoms with Crippen LogP contribution in [0.5, 0.6) is 0 Å². The van der Waals surface area contributed by atoms with Crippen molar-refractivity contribution in [3.63, 3.8) is 0 Å². The molecule has 0 saturated carbocycles. The predicted octanol–water partition coefficient (Wildman–Crippen LogP) is 2.29. The molecule has 0 heterocycles. The molecule has 3 nitrogen and oxygen atoms in total. The average molecular weight is 216 g/mol. The molecule has 0 radical (unpaired) electrons. The largest absolute Gasteiger partial charge is 0.326 e. The quantitative estimate of drug-likeness (QED) is 0.761. The van der Waals surface area contributed by atoms with Crippen LogP contribution in [0, 0.1) is 25.2 Å². The van der Waals surface area contributed by atoms with Gasteiger partial charge in [-0.15, -0.1) is 0 Å². The summed E-state index contributed by atoms with van der Waals surface area (Å²) < 4.78 is 0. The van der Waals surface area contributed by atoms with E-state index in [9.17, 15) is 4.79 Å². The maximum absolute atomic E-state index is 12.1. The Kier molecular flexibility index (Phi) is 3.68. The van der Waals surface area contributed by atoms with Gasteiger partial charge in [0.15, 0.2) is 0 Å². The SMILES string of the molecule is Cc1ccc(C(=O)N(C)C(C)C#N)c(C)c1. The topological polar surface area (TPSA) is 44.1 Å². The minimum Gasteiger partial charge on any atom is -0.326 e. The highest BCUT2D eigenvalue weighted by Crippen LogP contribution is 2.13. The van der Waals surface area contributed by atoms with Crippen molar-refractivity contribution >= 4 is 5.91 Å². The number of carbonyl (C=O) groups is 1. The molecule has 1 unspecified atom stereocenters. The Hall–Kier alpha value is -1.82. The van der Waals surface area contributed by atoms with E-state index in [1.165, 1.54) is 4.90 Å². The zero-order valence-corrected chi connectivity index (χ0v) is 10.1. The second kappa shape index (κ2) is 4.80. The second-order valence-corrected chi connectivity index (χ2v) is 4.04. The van der Waals surface area contributed by atoms with Crippen LogP contribution in [0.3, 0.4) is 0 Å². The molecule has 1 aromatic rings. The fraction of sp³-hybridized carbons (Fsp3) is 0.385. The third-order valence-corrected chi connectivity index (χ3v) is 2.70. The number of nitriles is 1. The summed E-state index contributed by atoms with van der Waals surface area (Å²) >= 11 is 0. The van der Waals surface area contributed by atoms with E-state index >= 15 is 0 Å². The van der Waals surface area contributed by atoms with Crippen LogP contribution in [-0.4, -0.2) is 23.9 Å². The standard InChI is InChI=1S/C13H16N2O/c1-9-5-6-12(10(2)7-9)13(16)15(4)11(3)8-14/h5-7,11H,1-4H3. The van der Waals surface area contributed by atoms with Crippen LogP contribution in [0.2, 0.25) is 0 Å². The smallest absolute Gasteiger partial charge is 0.254 e. The van der Waals surface area contributed by atoms with Gasteiger partial charge < -0.3 is 4.90 Å². The Balaban J connectivity index is 3.02.